The number of carbonyl (C=O) groups excluding carboxylic acids is 1. The molecule has 0 spiro atoms. The van der Waals surface area contributed by atoms with Gasteiger partial charge in [-0.2, -0.15) is 0 Å². The standard InChI is InChI=1S/C21H24F2N6O2/c1-13-24-11-18(31-13)16-4-3-14-10-25-20(9-17(14)26-16)27-21(30)29-7-5-15(6-8-29)28(2)12-19(22)23/h3-4,9-11,15,19H,5-8,12H2,1-2H3,(H,25,27,30). The first-order valence-corrected chi connectivity index (χ1v) is 10.1. The summed E-state index contributed by atoms with van der Waals surface area (Å²) in [5.74, 6) is 1.53. The number of alkyl halides is 2. The minimum absolute atomic E-state index is 0.0548. The Balaban J connectivity index is 1.41. The highest BCUT2D eigenvalue weighted by atomic mass is 19.3. The van der Waals surface area contributed by atoms with E-state index in [2.05, 4.69) is 20.3 Å². The highest BCUT2D eigenvalue weighted by Crippen LogP contribution is 2.23. The van der Waals surface area contributed by atoms with E-state index in [1.54, 1.807) is 42.2 Å². The second-order valence-electron chi connectivity index (χ2n) is 7.68. The van der Waals surface area contributed by atoms with Crippen LogP contribution in [0.1, 0.15) is 18.7 Å². The maximum atomic E-state index is 12.6. The first-order valence-electron chi connectivity index (χ1n) is 10.1. The normalized spacial score (nSPS) is 15.2. The van der Waals surface area contributed by atoms with Gasteiger partial charge in [0.15, 0.2) is 11.7 Å². The number of anilines is 1. The minimum Gasteiger partial charge on any atom is -0.439 e. The van der Waals surface area contributed by atoms with Crippen LogP contribution < -0.4 is 5.32 Å². The van der Waals surface area contributed by atoms with E-state index in [4.69, 9.17) is 4.42 Å². The summed E-state index contributed by atoms with van der Waals surface area (Å²) in [4.78, 5) is 29.0. The fourth-order valence-corrected chi connectivity index (χ4v) is 3.77. The number of pyridine rings is 2. The number of urea groups is 1. The van der Waals surface area contributed by atoms with Gasteiger partial charge in [-0.1, -0.05) is 0 Å². The summed E-state index contributed by atoms with van der Waals surface area (Å²) >= 11 is 0. The molecule has 0 bridgehead atoms. The lowest BCUT2D eigenvalue weighted by molar-refractivity contribution is 0.0628. The maximum absolute atomic E-state index is 12.6. The third kappa shape index (κ3) is 4.96. The molecule has 4 rings (SSSR count). The third-order valence-electron chi connectivity index (χ3n) is 5.48. The summed E-state index contributed by atoms with van der Waals surface area (Å²) < 4.78 is 30.7. The summed E-state index contributed by atoms with van der Waals surface area (Å²) in [6.07, 6.45) is 2.23. The zero-order valence-electron chi connectivity index (χ0n) is 17.4. The number of hydrogen-bond acceptors (Lipinski definition) is 6. The summed E-state index contributed by atoms with van der Waals surface area (Å²) in [6.45, 7) is 2.53. The molecule has 1 fully saturated rings. The number of likely N-dealkylation sites (tertiary alicyclic amines) is 1. The van der Waals surface area contributed by atoms with E-state index in [1.165, 1.54) is 0 Å². The number of amides is 2. The number of nitrogens with one attached hydrogen (secondary N) is 1. The van der Waals surface area contributed by atoms with Gasteiger partial charge >= 0.3 is 6.03 Å². The molecule has 4 heterocycles. The smallest absolute Gasteiger partial charge is 0.323 e. The molecule has 8 nitrogen and oxygen atoms in total. The molecule has 164 valence electrons. The van der Waals surface area contributed by atoms with Crippen molar-refractivity contribution in [2.75, 3.05) is 32.0 Å². The van der Waals surface area contributed by atoms with E-state index >= 15 is 0 Å². The lowest BCUT2D eigenvalue weighted by atomic mass is 10.0. The second kappa shape index (κ2) is 8.93. The summed E-state index contributed by atoms with van der Waals surface area (Å²) in [5, 5.41) is 3.64. The molecular formula is C21H24F2N6O2. The van der Waals surface area contributed by atoms with Crippen LogP contribution in [0, 0.1) is 6.92 Å². The van der Waals surface area contributed by atoms with Crippen molar-refractivity contribution in [2.24, 2.45) is 0 Å². The second-order valence-corrected chi connectivity index (χ2v) is 7.68. The van der Waals surface area contributed by atoms with Crippen molar-refractivity contribution in [1.29, 1.82) is 0 Å². The number of piperidine rings is 1. The van der Waals surface area contributed by atoms with Crippen LogP contribution in [0.4, 0.5) is 19.4 Å². The van der Waals surface area contributed by atoms with Crippen molar-refractivity contribution < 1.29 is 18.0 Å². The van der Waals surface area contributed by atoms with Gasteiger partial charge in [-0.05, 0) is 32.0 Å². The summed E-state index contributed by atoms with van der Waals surface area (Å²) in [6, 6.07) is 5.22. The molecule has 31 heavy (non-hydrogen) atoms. The highest BCUT2D eigenvalue weighted by molar-refractivity contribution is 5.91. The average molecular weight is 430 g/mol. The van der Waals surface area contributed by atoms with Crippen LogP contribution in [0.25, 0.3) is 22.4 Å². The molecule has 1 aliphatic heterocycles. The Kier molecular flexibility index (Phi) is 6.08. The number of carbonyl (C=O) groups is 1. The van der Waals surface area contributed by atoms with Crippen LogP contribution >= 0.6 is 0 Å². The molecule has 0 radical (unpaired) electrons. The Hall–Kier alpha value is -3.14. The lowest BCUT2D eigenvalue weighted by Gasteiger charge is -2.36. The molecular weight excluding hydrogens is 406 g/mol. The van der Waals surface area contributed by atoms with Crippen molar-refractivity contribution in [2.45, 2.75) is 32.2 Å². The van der Waals surface area contributed by atoms with Crippen molar-refractivity contribution in [3.63, 3.8) is 0 Å². The van der Waals surface area contributed by atoms with E-state index in [-0.39, 0.29) is 18.6 Å². The Morgan fingerprint density at radius 3 is 2.74 bits per heavy atom. The van der Waals surface area contributed by atoms with Crippen LogP contribution in [-0.2, 0) is 0 Å². The molecule has 1 saturated heterocycles. The van der Waals surface area contributed by atoms with E-state index in [9.17, 15) is 13.6 Å². The van der Waals surface area contributed by atoms with Crippen LogP contribution in [0.2, 0.25) is 0 Å². The number of fused-ring (bicyclic) bond motifs is 1. The maximum Gasteiger partial charge on any atom is 0.323 e. The molecule has 1 N–H and O–H groups in total. The Labute approximate surface area is 178 Å². The minimum atomic E-state index is -2.35. The van der Waals surface area contributed by atoms with Gasteiger partial charge in [0.25, 0.3) is 6.43 Å². The number of nitrogens with zero attached hydrogens (tertiary/aromatic N) is 5. The Bertz CT molecular complexity index is 1060. The molecule has 3 aromatic heterocycles. The number of aryl methyl sites for hydroxylation is 1. The van der Waals surface area contributed by atoms with Gasteiger partial charge < -0.3 is 9.32 Å². The van der Waals surface area contributed by atoms with E-state index in [0.717, 1.165) is 5.39 Å². The lowest BCUT2D eigenvalue weighted by Crippen LogP contribution is -2.47. The molecule has 1 aliphatic rings. The van der Waals surface area contributed by atoms with Gasteiger partial charge in [-0.25, -0.2) is 28.5 Å². The van der Waals surface area contributed by atoms with E-state index in [1.807, 2.05) is 12.1 Å². The predicted molar refractivity (Wildman–Crippen MR) is 112 cm³/mol. The topological polar surface area (TPSA) is 87.4 Å². The quantitative estimate of drug-likeness (QED) is 0.663. The van der Waals surface area contributed by atoms with Crippen molar-refractivity contribution in [3.8, 4) is 11.5 Å². The molecule has 0 aliphatic carbocycles. The zero-order chi connectivity index (χ0) is 22.0. The number of hydrogen-bond donors (Lipinski definition) is 1. The summed E-state index contributed by atoms with van der Waals surface area (Å²) in [7, 11) is 1.70. The van der Waals surface area contributed by atoms with Gasteiger partial charge in [0.05, 0.1) is 18.3 Å². The summed E-state index contributed by atoms with van der Waals surface area (Å²) in [5.41, 5.74) is 1.32. The van der Waals surface area contributed by atoms with Crippen molar-refractivity contribution >= 4 is 22.8 Å². The van der Waals surface area contributed by atoms with Crippen LogP contribution in [0.3, 0.4) is 0 Å². The molecule has 0 atom stereocenters. The largest absolute Gasteiger partial charge is 0.439 e. The van der Waals surface area contributed by atoms with Crippen LogP contribution in [0.15, 0.2) is 35.0 Å². The average Bonchev–Trinajstić information content (AvgIpc) is 3.19. The van der Waals surface area contributed by atoms with E-state index in [0.29, 0.717) is 54.6 Å². The number of oxazole rings is 1. The van der Waals surface area contributed by atoms with Gasteiger partial charge in [-0.15, -0.1) is 0 Å². The SMILES string of the molecule is Cc1ncc(-c2ccc3cnc(NC(=O)N4CCC(N(C)CC(F)F)CC4)cc3n2)o1. The zero-order valence-corrected chi connectivity index (χ0v) is 17.4. The van der Waals surface area contributed by atoms with Crippen molar-refractivity contribution in [1.82, 2.24) is 24.8 Å². The van der Waals surface area contributed by atoms with Crippen molar-refractivity contribution in [3.05, 3.63) is 36.5 Å². The Morgan fingerprint density at radius 2 is 2.06 bits per heavy atom. The predicted octanol–water partition coefficient (Wildman–Crippen LogP) is 3.79. The molecule has 0 aromatic carbocycles. The molecule has 0 saturated carbocycles. The van der Waals surface area contributed by atoms with Crippen LogP contribution in [-0.4, -0.2) is 69.9 Å². The number of aromatic nitrogens is 3. The molecule has 10 heteroatoms. The van der Waals surface area contributed by atoms with Gasteiger partial charge in [-0.3, -0.25) is 10.2 Å². The monoisotopic (exact) mass is 430 g/mol. The first kappa shape index (κ1) is 21.1. The first-order chi connectivity index (χ1) is 14.9. The van der Waals surface area contributed by atoms with E-state index < -0.39 is 6.43 Å². The number of rotatable bonds is 5. The van der Waals surface area contributed by atoms with Gasteiger partial charge in [0.2, 0.25) is 0 Å². The third-order valence-corrected chi connectivity index (χ3v) is 5.48. The van der Waals surface area contributed by atoms with Gasteiger partial charge in [0, 0.05) is 43.7 Å². The van der Waals surface area contributed by atoms with Gasteiger partial charge in [0.1, 0.15) is 11.5 Å². The highest BCUT2D eigenvalue weighted by Gasteiger charge is 2.26. The molecule has 3 aromatic rings. The Morgan fingerprint density at radius 1 is 1.29 bits per heavy atom. The van der Waals surface area contributed by atoms with Crippen LogP contribution in [0.5, 0.6) is 0 Å². The molecule has 0 unspecified atom stereocenters. The number of halogens is 2. The fourth-order valence-electron chi connectivity index (χ4n) is 3.77. The fraction of sp³-hybridized carbons (Fsp3) is 0.429. The molecule has 2 amide bonds.